The fourth-order valence-electron chi connectivity index (χ4n) is 3.59. The number of likely N-dealkylation sites (tertiary alicyclic amines) is 1. The van der Waals surface area contributed by atoms with Crippen molar-refractivity contribution in [3.05, 3.63) is 35.2 Å². The summed E-state index contributed by atoms with van der Waals surface area (Å²) >= 11 is 1.78. The van der Waals surface area contributed by atoms with Crippen molar-refractivity contribution >= 4 is 27.4 Å². The lowest BCUT2D eigenvalue weighted by atomic mass is 9.92. The normalized spacial score (nSPS) is 24.5. The van der Waals surface area contributed by atoms with Gasteiger partial charge >= 0.3 is 5.97 Å². The Labute approximate surface area is 129 Å². The standard InChI is InChI=1S/C17H21NO2S/c1-3-17(16(19)20)9-6-10-18(17)12(2)15-11-13-7-4-5-8-14(13)21-15/h4-5,7-8,11-12H,3,6,9-10H2,1-2H3,(H,19,20). The van der Waals surface area contributed by atoms with Crippen molar-refractivity contribution in [2.24, 2.45) is 0 Å². The number of carboxylic acid groups (broad SMARTS) is 1. The second-order valence-electron chi connectivity index (χ2n) is 5.85. The van der Waals surface area contributed by atoms with E-state index in [0.717, 1.165) is 19.4 Å². The van der Waals surface area contributed by atoms with Gasteiger partial charge in [-0.15, -0.1) is 11.3 Å². The summed E-state index contributed by atoms with van der Waals surface area (Å²) in [6.07, 6.45) is 2.39. The van der Waals surface area contributed by atoms with Crippen LogP contribution in [0.2, 0.25) is 0 Å². The van der Waals surface area contributed by atoms with Crippen molar-refractivity contribution in [3.8, 4) is 0 Å². The van der Waals surface area contributed by atoms with Gasteiger partial charge < -0.3 is 5.11 Å². The fraction of sp³-hybridized carbons (Fsp3) is 0.471. The van der Waals surface area contributed by atoms with Gasteiger partial charge in [0.2, 0.25) is 0 Å². The summed E-state index contributed by atoms with van der Waals surface area (Å²) in [7, 11) is 0. The van der Waals surface area contributed by atoms with Gasteiger partial charge in [-0.05, 0) is 50.2 Å². The van der Waals surface area contributed by atoms with Crippen LogP contribution in [0.4, 0.5) is 0 Å². The summed E-state index contributed by atoms with van der Waals surface area (Å²) in [6, 6.07) is 10.7. The molecule has 1 aromatic carbocycles. The molecular weight excluding hydrogens is 282 g/mol. The van der Waals surface area contributed by atoms with Gasteiger partial charge in [0.1, 0.15) is 5.54 Å². The molecule has 1 aromatic heterocycles. The number of fused-ring (bicyclic) bond motifs is 1. The van der Waals surface area contributed by atoms with Gasteiger partial charge in [0.05, 0.1) is 0 Å². The molecule has 1 saturated heterocycles. The van der Waals surface area contributed by atoms with Gasteiger partial charge in [0, 0.05) is 15.6 Å². The van der Waals surface area contributed by atoms with E-state index in [1.54, 1.807) is 11.3 Å². The highest BCUT2D eigenvalue weighted by Crippen LogP contribution is 2.42. The van der Waals surface area contributed by atoms with Gasteiger partial charge in [0.25, 0.3) is 0 Å². The maximum Gasteiger partial charge on any atom is 0.324 e. The molecule has 3 nitrogen and oxygen atoms in total. The molecule has 21 heavy (non-hydrogen) atoms. The Bertz CT molecular complexity index is 633. The predicted octanol–water partition coefficient (Wildman–Crippen LogP) is 4.29. The van der Waals surface area contributed by atoms with Gasteiger partial charge in [-0.3, -0.25) is 9.69 Å². The van der Waals surface area contributed by atoms with Crippen LogP contribution in [0.3, 0.4) is 0 Å². The second kappa shape index (κ2) is 5.43. The Balaban J connectivity index is 1.96. The summed E-state index contributed by atoms with van der Waals surface area (Å²) in [5, 5.41) is 11.0. The summed E-state index contributed by atoms with van der Waals surface area (Å²) in [5.74, 6) is -0.671. The van der Waals surface area contributed by atoms with Crippen molar-refractivity contribution in [2.45, 2.75) is 44.7 Å². The van der Waals surface area contributed by atoms with E-state index in [1.807, 2.05) is 13.0 Å². The van der Waals surface area contributed by atoms with E-state index < -0.39 is 11.5 Å². The van der Waals surface area contributed by atoms with E-state index in [1.165, 1.54) is 15.0 Å². The minimum Gasteiger partial charge on any atom is -0.480 e. The summed E-state index contributed by atoms with van der Waals surface area (Å²) in [5.41, 5.74) is -0.685. The lowest BCUT2D eigenvalue weighted by Crippen LogP contribution is -2.50. The molecule has 1 N–H and O–H groups in total. The molecule has 2 unspecified atom stereocenters. The molecule has 0 amide bonds. The quantitative estimate of drug-likeness (QED) is 0.916. The Morgan fingerprint density at radius 2 is 2.24 bits per heavy atom. The molecule has 0 spiro atoms. The first kappa shape index (κ1) is 14.5. The van der Waals surface area contributed by atoms with Crippen LogP contribution >= 0.6 is 11.3 Å². The Morgan fingerprint density at radius 1 is 1.48 bits per heavy atom. The maximum absolute atomic E-state index is 11.8. The second-order valence-corrected chi connectivity index (χ2v) is 6.97. The number of benzene rings is 1. The summed E-state index contributed by atoms with van der Waals surface area (Å²) in [4.78, 5) is 15.3. The Kier molecular flexibility index (Phi) is 3.76. The molecule has 0 saturated carbocycles. The molecule has 2 heterocycles. The molecule has 4 heteroatoms. The smallest absolute Gasteiger partial charge is 0.324 e. The Morgan fingerprint density at radius 3 is 2.90 bits per heavy atom. The predicted molar refractivity (Wildman–Crippen MR) is 86.8 cm³/mol. The van der Waals surface area contributed by atoms with Crippen LogP contribution < -0.4 is 0 Å². The van der Waals surface area contributed by atoms with Crippen molar-refractivity contribution in [3.63, 3.8) is 0 Å². The topological polar surface area (TPSA) is 40.5 Å². The van der Waals surface area contributed by atoms with Crippen molar-refractivity contribution < 1.29 is 9.90 Å². The van der Waals surface area contributed by atoms with Gasteiger partial charge in [-0.2, -0.15) is 0 Å². The molecule has 2 atom stereocenters. The highest BCUT2D eigenvalue weighted by molar-refractivity contribution is 7.19. The number of carboxylic acids is 1. The zero-order chi connectivity index (χ0) is 15.0. The minimum absolute atomic E-state index is 0.154. The van der Waals surface area contributed by atoms with E-state index in [0.29, 0.717) is 6.42 Å². The zero-order valence-corrected chi connectivity index (χ0v) is 13.3. The fourth-order valence-corrected chi connectivity index (χ4v) is 4.72. The monoisotopic (exact) mass is 303 g/mol. The number of rotatable bonds is 4. The SMILES string of the molecule is CCC1(C(=O)O)CCCN1C(C)c1cc2ccccc2s1. The zero-order valence-electron chi connectivity index (χ0n) is 12.5. The Hall–Kier alpha value is -1.39. The van der Waals surface area contributed by atoms with Crippen LogP contribution in [0.5, 0.6) is 0 Å². The number of hydrogen-bond donors (Lipinski definition) is 1. The van der Waals surface area contributed by atoms with Crippen LogP contribution in [0.15, 0.2) is 30.3 Å². The third-order valence-electron chi connectivity index (χ3n) is 4.85. The van der Waals surface area contributed by atoms with Crippen LogP contribution in [-0.2, 0) is 4.79 Å². The molecule has 0 bridgehead atoms. The van der Waals surface area contributed by atoms with Crippen molar-refractivity contribution in [1.82, 2.24) is 4.90 Å². The molecule has 0 aliphatic carbocycles. The summed E-state index contributed by atoms with van der Waals surface area (Å²) in [6.45, 7) is 5.00. The maximum atomic E-state index is 11.8. The lowest BCUT2D eigenvalue weighted by Gasteiger charge is -2.37. The minimum atomic E-state index is -0.685. The van der Waals surface area contributed by atoms with Crippen LogP contribution in [0.1, 0.15) is 44.0 Å². The van der Waals surface area contributed by atoms with Crippen LogP contribution in [0, 0.1) is 0 Å². The third kappa shape index (κ3) is 2.27. The van der Waals surface area contributed by atoms with E-state index in [4.69, 9.17) is 0 Å². The van der Waals surface area contributed by atoms with Gasteiger partial charge in [0.15, 0.2) is 0 Å². The number of carbonyl (C=O) groups is 1. The van der Waals surface area contributed by atoms with E-state index >= 15 is 0 Å². The largest absolute Gasteiger partial charge is 0.480 e. The molecule has 1 fully saturated rings. The molecule has 3 rings (SSSR count). The molecule has 1 aliphatic heterocycles. The first-order valence-electron chi connectivity index (χ1n) is 7.57. The molecule has 112 valence electrons. The average molecular weight is 303 g/mol. The molecular formula is C17H21NO2S. The van der Waals surface area contributed by atoms with Crippen LogP contribution in [0.25, 0.3) is 10.1 Å². The third-order valence-corrected chi connectivity index (χ3v) is 6.13. The highest BCUT2D eigenvalue weighted by Gasteiger charge is 2.48. The van der Waals surface area contributed by atoms with E-state index in [2.05, 4.69) is 36.1 Å². The van der Waals surface area contributed by atoms with Gasteiger partial charge in [-0.25, -0.2) is 0 Å². The first-order chi connectivity index (χ1) is 10.1. The average Bonchev–Trinajstić information content (AvgIpc) is 3.10. The molecule has 2 aromatic rings. The van der Waals surface area contributed by atoms with Crippen LogP contribution in [-0.4, -0.2) is 28.1 Å². The van der Waals surface area contributed by atoms with Gasteiger partial charge in [-0.1, -0.05) is 25.1 Å². The number of hydrogen-bond acceptors (Lipinski definition) is 3. The number of thiophene rings is 1. The first-order valence-corrected chi connectivity index (χ1v) is 8.39. The molecule has 0 radical (unpaired) electrons. The van der Waals surface area contributed by atoms with Crippen molar-refractivity contribution in [2.75, 3.05) is 6.54 Å². The van der Waals surface area contributed by atoms with E-state index in [9.17, 15) is 9.90 Å². The lowest BCUT2D eigenvalue weighted by molar-refractivity contribution is -0.151. The highest BCUT2D eigenvalue weighted by atomic mass is 32.1. The summed E-state index contributed by atoms with van der Waals surface area (Å²) < 4.78 is 1.27. The molecule has 1 aliphatic rings. The van der Waals surface area contributed by atoms with Crippen molar-refractivity contribution in [1.29, 1.82) is 0 Å². The number of aliphatic carboxylic acids is 1. The number of nitrogens with zero attached hydrogens (tertiary/aromatic N) is 1. The van der Waals surface area contributed by atoms with E-state index in [-0.39, 0.29) is 6.04 Å².